The number of halogens is 4. The molecule has 5 heteroatoms. The van der Waals surface area contributed by atoms with E-state index in [1.54, 1.807) is 0 Å². The lowest BCUT2D eigenvalue weighted by Gasteiger charge is -2.02. The smallest absolute Gasteiger partial charge is 0.187 e. The van der Waals surface area contributed by atoms with E-state index in [1.807, 2.05) is 0 Å². The van der Waals surface area contributed by atoms with Gasteiger partial charge in [-0.1, -0.05) is 43.5 Å². The summed E-state index contributed by atoms with van der Waals surface area (Å²) in [5.74, 6) is -0.721. The fourth-order valence-electron chi connectivity index (χ4n) is 0.775. The second kappa shape index (κ2) is 4.53. The minimum atomic E-state index is -0.529. The summed E-state index contributed by atoms with van der Waals surface area (Å²) < 4.78 is 12.2. The van der Waals surface area contributed by atoms with E-state index in [4.69, 9.17) is 11.6 Å². The zero-order valence-electron chi connectivity index (χ0n) is 6.23. The number of alkyl halides is 2. The fraction of sp³-hybridized carbons (Fsp3) is 0.125. The molecule has 70 valence electrons. The van der Waals surface area contributed by atoms with E-state index in [9.17, 15) is 9.18 Å². The average Bonchev–Trinajstić information content (AvgIpc) is 2.08. The van der Waals surface area contributed by atoms with Gasteiger partial charge in [0.05, 0.1) is 5.02 Å². The largest absolute Gasteiger partial charge is 0.292 e. The molecule has 0 amide bonds. The molecule has 0 saturated carbocycles. The van der Waals surface area contributed by atoms with Crippen LogP contribution >= 0.6 is 43.5 Å². The first kappa shape index (κ1) is 11.1. The van der Waals surface area contributed by atoms with Gasteiger partial charge in [0.25, 0.3) is 0 Å². The summed E-state index contributed by atoms with van der Waals surface area (Å²) in [6.45, 7) is 0. The predicted octanol–water partition coefficient (Wildman–Crippen LogP) is 3.78. The molecular weight excluding hydrogens is 326 g/mol. The molecule has 0 aliphatic carbocycles. The van der Waals surface area contributed by atoms with E-state index in [1.165, 1.54) is 12.1 Å². The summed E-state index contributed by atoms with van der Waals surface area (Å²) in [6, 6.07) is 3.85. The summed E-state index contributed by atoms with van der Waals surface area (Å²) >= 11 is 11.6. The number of carbonyl (C=O) groups is 1. The Labute approximate surface area is 96.5 Å². The summed E-state index contributed by atoms with van der Waals surface area (Å²) in [5.41, 5.74) is 0.366. The molecule has 0 aromatic heterocycles. The van der Waals surface area contributed by atoms with Crippen molar-refractivity contribution < 1.29 is 9.18 Å². The quantitative estimate of drug-likeness (QED) is 0.596. The van der Waals surface area contributed by atoms with Crippen molar-refractivity contribution in [3.8, 4) is 0 Å². The van der Waals surface area contributed by atoms with Crippen LogP contribution in [0.4, 0.5) is 4.39 Å². The van der Waals surface area contributed by atoms with Crippen molar-refractivity contribution in [3.05, 3.63) is 34.6 Å². The van der Waals surface area contributed by atoms with E-state index in [-0.39, 0.29) is 10.8 Å². The molecule has 0 radical (unpaired) electrons. The van der Waals surface area contributed by atoms with Crippen LogP contribution in [0.25, 0.3) is 0 Å². The number of rotatable bonds is 2. The van der Waals surface area contributed by atoms with Crippen molar-refractivity contribution in [3.63, 3.8) is 0 Å². The third-order valence-electron chi connectivity index (χ3n) is 1.40. The van der Waals surface area contributed by atoms with Crippen LogP contribution in [0.15, 0.2) is 18.2 Å². The van der Waals surface area contributed by atoms with Gasteiger partial charge in [0.1, 0.15) is 9.55 Å². The molecule has 1 aromatic rings. The van der Waals surface area contributed by atoms with Crippen LogP contribution in [0.3, 0.4) is 0 Å². The standard InChI is InChI=1S/C8H4Br2ClFO/c9-8(10)7(13)4-1-2-6(12)5(11)3-4/h1-3,8H. The Balaban J connectivity index is 3.04. The van der Waals surface area contributed by atoms with Crippen molar-refractivity contribution in [2.24, 2.45) is 0 Å². The number of hydrogen-bond acceptors (Lipinski definition) is 1. The normalized spacial score (nSPS) is 10.5. The van der Waals surface area contributed by atoms with Crippen molar-refractivity contribution in [2.45, 2.75) is 3.74 Å². The molecule has 0 atom stereocenters. The van der Waals surface area contributed by atoms with Crippen LogP contribution in [0.2, 0.25) is 5.02 Å². The summed E-state index contributed by atoms with van der Waals surface area (Å²) in [5, 5.41) is -0.0495. The van der Waals surface area contributed by atoms with Crippen LogP contribution in [0, 0.1) is 5.82 Å². The highest BCUT2D eigenvalue weighted by Crippen LogP contribution is 2.20. The Bertz CT molecular complexity index is 341. The highest BCUT2D eigenvalue weighted by Gasteiger charge is 2.14. The maximum absolute atomic E-state index is 12.7. The highest BCUT2D eigenvalue weighted by atomic mass is 79.9. The fourth-order valence-corrected chi connectivity index (χ4v) is 1.48. The Morgan fingerprint density at radius 2 is 2.08 bits per heavy atom. The van der Waals surface area contributed by atoms with Gasteiger partial charge in [-0.25, -0.2) is 4.39 Å². The SMILES string of the molecule is O=C(c1ccc(F)c(Cl)c1)C(Br)Br. The van der Waals surface area contributed by atoms with Gasteiger partial charge in [-0.05, 0) is 18.2 Å². The van der Waals surface area contributed by atoms with Crippen LogP contribution in [-0.2, 0) is 0 Å². The van der Waals surface area contributed by atoms with Crippen molar-refractivity contribution in [1.82, 2.24) is 0 Å². The van der Waals surface area contributed by atoms with E-state index in [0.29, 0.717) is 5.56 Å². The van der Waals surface area contributed by atoms with Crippen LogP contribution in [-0.4, -0.2) is 9.52 Å². The first-order chi connectivity index (χ1) is 6.02. The van der Waals surface area contributed by atoms with Gasteiger partial charge >= 0.3 is 0 Å². The molecule has 1 nitrogen and oxygen atoms in total. The van der Waals surface area contributed by atoms with Crippen molar-refractivity contribution in [1.29, 1.82) is 0 Å². The Morgan fingerprint density at radius 1 is 1.46 bits per heavy atom. The van der Waals surface area contributed by atoms with Gasteiger partial charge in [-0.15, -0.1) is 0 Å². The van der Waals surface area contributed by atoms with Crippen molar-refractivity contribution in [2.75, 3.05) is 0 Å². The number of Topliss-reactive ketones (excluding diaryl/α,β-unsaturated/α-hetero) is 1. The molecule has 13 heavy (non-hydrogen) atoms. The van der Waals surface area contributed by atoms with E-state index >= 15 is 0 Å². The van der Waals surface area contributed by atoms with Gasteiger partial charge in [0, 0.05) is 5.56 Å². The lowest BCUT2D eigenvalue weighted by molar-refractivity contribution is 0.101. The van der Waals surface area contributed by atoms with Gasteiger partial charge in [0.15, 0.2) is 5.78 Å². The Hall–Kier alpha value is 0.0700. The maximum Gasteiger partial charge on any atom is 0.187 e. The number of ketones is 1. The molecule has 1 aromatic carbocycles. The number of hydrogen-bond donors (Lipinski definition) is 0. The Morgan fingerprint density at radius 3 is 2.54 bits per heavy atom. The second-order valence-corrected chi connectivity index (χ2v) is 5.76. The van der Waals surface area contributed by atoms with Gasteiger partial charge in [-0.2, -0.15) is 0 Å². The zero-order valence-corrected chi connectivity index (χ0v) is 10.2. The molecule has 0 aliphatic heterocycles. The lowest BCUT2D eigenvalue weighted by atomic mass is 10.1. The number of carbonyl (C=O) groups excluding carboxylic acids is 1. The van der Waals surface area contributed by atoms with Gasteiger partial charge in [0.2, 0.25) is 0 Å². The first-order valence-corrected chi connectivity index (χ1v) is 5.50. The number of benzene rings is 1. The van der Waals surface area contributed by atoms with Crippen LogP contribution < -0.4 is 0 Å². The van der Waals surface area contributed by atoms with E-state index in [0.717, 1.165) is 6.07 Å². The molecule has 0 bridgehead atoms. The molecule has 0 heterocycles. The summed E-state index contributed by atoms with van der Waals surface area (Å²) in [6.07, 6.45) is 0. The van der Waals surface area contributed by atoms with Gasteiger partial charge < -0.3 is 0 Å². The molecule has 0 aliphatic rings. The van der Waals surface area contributed by atoms with Crippen molar-refractivity contribution >= 4 is 49.2 Å². The Kier molecular flexibility index (Phi) is 3.88. The topological polar surface area (TPSA) is 17.1 Å². The third-order valence-corrected chi connectivity index (χ3v) is 2.52. The van der Waals surface area contributed by atoms with E-state index in [2.05, 4.69) is 31.9 Å². The highest BCUT2D eigenvalue weighted by molar-refractivity contribution is 9.25. The minimum Gasteiger partial charge on any atom is -0.292 e. The predicted molar refractivity (Wildman–Crippen MR) is 57.4 cm³/mol. The molecule has 0 unspecified atom stereocenters. The molecular formula is C8H4Br2ClFO. The summed E-state index contributed by atoms with van der Waals surface area (Å²) in [7, 11) is 0. The third kappa shape index (κ3) is 2.76. The maximum atomic E-state index is 12.7. The average molecular weight is 330 g/mol. The lowest BCUT2D eigenvalue weighted by Crippen LogP contribution is -2.06. The monoisotopic (exact) mass is 328 g/mol. The second-order valence-electron chi connectivity index (χ2n) is 2.29. The minimum absolute atomic E-state index is 0.0495. The first-order valence-electron chi connectivity index (χ1n) is 3.30. The molecule has 1 rings (SSSR count). The molecule has 0 saturated heterocycles. The molecule has 0 spiro atoms. The van der Waals surface area contributed by atoms with Crippen LogP contribution in [0.5, 0.6) is 0 Å². The van der Waals surface area contributed by atoms with Crippen LogP contribution in [0.1, 0.15) is 10.4 Å². The summed E-state index contributed by atoms with van der Waals surface area (Å²) in [4.78, 5) is 11.3. The molecule has 0 fully saturated rings. The van der Waals surface area contributed by atoms with Gasteiger partial charge in [-0.3, -0.25) is 4.79 Å². The molecule has 0 N–H and O–H groups in total. The van der Waals surface area contributed by atoms with E-state index < -0.39 is 9.55 Å². The zero-order chi connectivity index (χ0) is 10.0.